The first kappa shape index (κ1) is 10.0. The molecule has 0 bridgehead atoms. The minimum absolute atomic E-state index is 0.0364. The van der Waals surface area contributed by atoms with Crippen LogP contribution in [0.5, 0.6) is 0 Å². The molecule has 0 spiro atoms. The van der Waals surface area contributed by atoms with Gasteiger partial charge in [0.15, 0.2) is 0 Å². The van der Waals surface area contributed by atoms with E-state index in [0.29, 0.717) is 5.56 Å². The van der Waals surface area contributed by atoms with E-state index in [4.69, 9.17) is 5.41 Å². The molecule has 0 radical (unpaired) electrons. The molecule has 14 heavy (non-hydrogen) atoms. The SMILES string of the molecule is CNC(=N)NNC(=O)c1ccccc1. The van der Waals surface area contributed by atoms with Crippen molar-refractivity contribution >= 4 is 11.9 Å². The maximum atomic E-state index is 11.4. The van der Waals surface area contributed by atoms with Crippen LogP contribution in [0.15, 0.2) is 30.3 Å². The molecular weight excluding hydrogens is 180 g/mol. The third kappa shape index (κ3) is 2.78. The smallest absolute Gasteiger partial charge is 0.269 e. The molecular formula is C9H12N4O. The number of hydrogen-bond donors (Lipinski definition) is 4. The lowest BCUT2D eigenvalue weighted by Crippen LogP contribution is -2.46. The van der Waals surface area contributed by atoms with Crippen molar-refractivity contribution in [3.05, 3.63) is 35.9 Å². The molecule has 0 aromatic heterocycles. The standard InChI is InChI=1S/C9H12N4O/c1-11-9(10)13-12-8(14)7-5-3-2-4-6-7/h2-6H,1H3,(H,12,14)(H3,10,11,13). The Bertz CT molecular complexity index is 323. The van der Waals surface area contributed by atoms with E-state index in [1.165, 1.54) is 0 Å². The molecule has 1 aromatic carbocycles. The lowest BCUT2D eigenvalue weighted by atomic mass is 10.2. The summed E-state index contributed by atoms with van der Waals surface area (Å²) in [6.07, 6.45) is 0. The second-order valence-electron chi connectivity index (χ2n) is 2.57. The van der Waals surface area contributed by atoms with E-state index in [0.717, 1.165) is 0 Å². The van der Waals surface area contributed by atoms with Gasteiger partial charge in [-0.1, -0.05) is 18.2 Å². The van der Waals surface area contributed by atoms with Crippen LogP contribution in [0.4, 0.5) is 0 Å². The summed E-state index contributed by atoms with van der Waals surface area (Å²) >= 11 is 0. The average molecular weight is 192 g/mol. The monoisotopic (exact) mass is 192 g/mol. The van der Waals surface area contributed by atoms with Gasteiger partial charge in [-0.25, -0.2) is 0 Å². The maximum Gasteiger partial charge on any atom is 0.269 e. The van der Waals surface area contributed by atoms with Gasteiger partial charge in [0.1, 0.15) is 0 Å². The summed E-state index contributed by atoms with van der Waals surface area (Å²) in [5.41, 5.74) is 5.32. The zero-order chi connectivity index (χ0) is 10.4. The number of benzene rings is 1. The number of guanidine groups is 1. The maximum absolute atomic E-state index is 11.4. The molecule has 5 nitrogen and oxygen atoms in total. The summed E-state index contributed by atoms with van der Waals surface area (Å²) in [5.74, 6) is -0.236. The number of rotatable bonds is 1. The van der Waals surface area contributed by atoms with Crippen LogP contribution in [0, 0.1) is 5.41 Å². The van der Waals surface area contributed by atoms with Gasteiger partial charge in [-0.2, -0.15) is 0 Å². The first-order valence-electron chi connectivity index (χ1n) is 4.11. The van der Waals surface area contributed by atoms with Crippen molar-refractivity contribution in [1.29, 1.82) is 5.41 Å². The van der Waals surface area contributed by atoms with Crippen molar-refractivity contribution in [2.45, 2.75) is 0 Å². The van der Waals surface area contributed by atoms with E-state index in [1.54, 1.807) is 31.3 Å². The number of carbonyl (C=O) groups excluding carboxylic acids is 1. The third-order valence-corrected chi connectivity index (χ3v) is 1.59. The van der Waals surface area contributed by atoms with Crippen LogP contribution in [0.25, 0.3) is 0 Å². The Kier molecular flexibility index (Phi) is 3.49. The van der Waals surface area contributed by atoms with E-state index in [1.807, 2.05) is 6.07 Å². The van der Waals surface area contributed by atoms with E-state index in [9.17, 15) is 4.79 Å². The highest BCUT2D eigenvalue weighted by molar-refractivity contribution is 5.95. The summed E-state index contributed by atoms with van der Waals surface area (Å²) in [6, 6.07) is 8.77. The summed E-state index contributed by atoms with van der Waals surface area (Å²) in [5, 5.41) is 9.69. The first-order valence-corrected chi connectivity index (χ1v) is 4.11. The molecule has 0 unspecified atom stereocenters. The van der Waals surface area contributed by atoms with Gasteiger partial charge in [-0.3, -0.25) is 21.1 Å². The van der Waals surface area contributed by atoms with Gasteiger partial charge in [0, 0.05) is 12.6 Å². The van der Waals surface area contributed by atoms with Crippen molar-refractivity contribution in [3.63, 3.8) is 0 Å². The number of hydrogen-bond acceptors (Lipinski definition) is 2. The minimum Gasteiger partial charge on any atom is -0.358 e. The van der Waals surface area contributed by atoms with Crippen molar-refractivity contribution in [2.24, 2.45) is 0 Å². The largest absolute Gasteiger partial charge is 0.358 e. The fourth-order valence-corrected chi connectivity index (χ4v) is 0.843. The van der Waals surface area contributed by atoms with Crippen LogP contribution in [0.3, 0.4) is 0 Å². The van der Waals surface area contributed by atoms with Gasteiger partial charge in [-0.15, -0.1) is 0 Å². The Hall–Kier alpha value is -2.04. The van der Waals surface area contributed by atoms with Crippen molar-refractivity contribution in [2.75, 3.05) is 7.05 Å². The van der Waals surface area contributed by atoms with Crippen molar-refractivity contribution in [3.8, 4) is 0 Å². The Labute approximate surface area is 82.0 Å². The normalized spacial score (nSPS) is 8.93. The van der Waals surface area contributed by atoms with Gasteiger partial charge in [0.2, 0.25) is 5.96 Å². The Balaban J connectivity index is 2.48. The van der Waals surface area contributed by atoms with Crippen molar-refractivity contribution in [1.82, 2.24) is 16.2 Å². The van der Waals surface area contributed by atoms with Crippen LogP contribution in [-0.4, -0.2) is 18.9 Å². The Morgan fingerprint density at radius 2 is 1.86 bits per heavy atom. The quantitative estimate of drug-likeness (QED) is 0.289. The van der Waals surface area contributed by atoms with Crippen LogP contribution in [-0.2, 0) is 0 Å². The highest BCUT2D eigenvalue weighted by Gasteiger charge is 2.02. The molecule has 74 valence electrons. The molecule has 0 atom stereocenters. The minimum atomic E-state index is -0.273. The zero-order valence-electron chi connectivity index (χ0n) is 7.79. The van der Waals surface area contributed by atoms with Crippen LogP contribution in [0.2, 0.25) is 0 Å². The highest BCUT2D eigenvalue weighted by atomic mass is 16.2. The van der Waals surface area contributed by atoms with Gasteiger partial charge in [0.05, 0.1) is 0 Å². The van der Waals surface area contributed by atoms with Gasteiger partial charge in [0.25, 0.3) is 5.91 Å². The average Bonchev–Trinajstić information content (AvgIpc) is 2.26. The fourth-order valence-electron chi connectivity index (χ4n) is 0.843. The predicted octanol–water partition coefficient (Wildman–Crippen LogP) is 0.0752. The second-order valence-corrected chi connectivity index (χ2v) is 2.57. The Morgan fingerprint density at radius 3 is 2.43 bits per heavy atom. The topological polar surface area (TPSA) is 77.0 Å². The molecule has 0 saturated carbocycles. The summed E-state index contributed by atoms with van der Waals surface area (Å²) in [6.45, 7) is 0. The van der Waals surface area contributed by atoms with E-state index < -0.39 is 0 Å². The molecule has 0 fully saturated rings. The van der Waals surface area contributed by atoms with Crippen molar-refractivity contribution < 1.29 is 4.79 Å². The molecule has 5 heteroatoms. The third-order valence-electron chi connectivity index (χ3n) is 1.59. The first-order chi connectivity index (χ1) is 6.74. The van der Waals surface area contributed by atoms with Crippen LogP contribution in [0.1, 0.15) is 10.4 Å². The molecule has 0 aliphatic rings. The summed E-state index contributed by atoms with van der Waals surface area (Å²) in [4.78, 5) is 11.4. The van der Waals surface area contributed by atoms with Crippen LogP contribution >= 0.6 is 0 Å². The molecule has 1 aromatic rings. The molecule has 1 amide bonds. The highest BCUT2D eigenvalue weighted by Crippen LogP contribution is 1.96. The predicted molar refractivity (Wildman–Crippen MR) is 53.8 cm³/mol. The molecule has 4 N–H and O–H groups in total. The van der Waals surface area contributed by atoms with Gasteiger partial charge < -0.3 is 5.32 Å². The number of hydrazine groups is 1. The summed E-state index contributed by atoms with van der Waals surface area (Å²) in [7, 11) is 1.59. The lowest BCUT2D eigenvalue weighted by Gasteiger charge is -2.08. The number of amides is 1. The second kappa shape index (κ2) is 4.86. The number of carbonyl (C=O) groups is 1. The Morgan fingerprint density at radius 1 is 1.21 bits per heavy atom. The molecule has 0 saturated heterocycles. The summed E-state index contributed by atoms with van der Waals surface area (Å²) < 4.78 is 0. The van der Waals surface area contributed by atoms with Gasteiger partial charge in [-0.05, 0) is 12.1 Å². The molecule has 0 heterocycles. The van der Waals surface area contributed by atoms with E-state index in [-0.39, 0.29) is 11.9 Å². The van der Waals surface area contributed by atoms with E-state index in [2.05, 4.69) is 16.2 Å². The van der Waals surface area contributed by atoms with E-state index >= 15 is 0 Å². The lowest BCUT2D eigenvalue weighted by molar-refractivity contribution is 0.0943. The zero-order valence-corrected chi connectivity index (χ0v) is 7.79. The number of nitrogens with one attached hydrogen (secondary N) is 4. The molecule has 1 rings (SSSR count). The van der Waals surface area contributed by atoms with Gasteiger partial charge >= 0.3 is 0 Å². The fraction of sp³-hybridized carbons (Fsp3) is 0.111. The molecule has 0 aliphatic carbocycles. The van der Waals surface area contributed by atoms with Crippen LogP contribution < -0.4 is 16.2 Å². The molecule has 0 aliphatic heterocycles.